The second-order valence-electron chi connectivity index (χ2n) is 3.21. The fourth-order valence-corrected chi connectivity index (χ4v) is 2.33. The summed E-state index contributed by atoms with van der Waals surface area (Å²) in [5, 5.41) is 13.5. The van der Waals surface area contributed by atoms with Crippen LogP contribution in [0.5, 0.6) is 5.88 Å². The van der Waals surface area contributed by atoms with Crippen molar-refractivity contribution < 1.29 is 5.11 Å². The highest BCUT2D eigenvalue weighted by molar-refractivity contribution is 7.12. The first kappa shape index (κ1) is 8.49. The van der Waals surface area contributed by atoms with Crippen LogP contribution in [0.3, 0.4) is 0 Å². The van der Waals surface area contributed by atoms with Crippen LogP contribution in [0.1, 0.15) is 0 Å². The second-order valence-corrected chi connectivity index (χ2v) is 4.08. The SMILES string of the molecule is Oc1cc2ccccc2n1-c1nccs1. The Kier molecular flexibility index (Phi) is 1.76. The van der Waals surface area contributed by atoms with Crippen LogP contribution < -0.4 is 0 Å². The number of hydrogen-bond acceptors (Lipinski definition) is 3. The van der Waals surface area contributed by atoms with E-state index in [1.807, 2.05) is 29.6 Å². The molecule has 3 aromatic rings. The molecule has 15 heavy (non-hydrogen) atoms. The summed E-state index contributed by atoms with van der Waals surface area (Å²) in [6.45, 7) is 0. The van der Waals surface area contributed by atoms with Gasteiger partial charge in [0.2, 0.25) is 0 Å². The Bertz CT molecular complexity index is 598. The molecule has 2 heterocycles. The van der Waals surface area contributed by atoms with Crippen LogP contribution in [-0.4, -0.2) is 14.7 Å². The molecule has 0 unspecified atom stereocenters. The summed E-state index contributed by atoms with van der Waals surface area (Å²) < 4.78 is 1.75. The van der Waals surface area contributed by atoms with Gasteiger partial charge in [-0.05, 0) is 6.07 Å². The minimum Gasteiger partial charge on any atom is -0.494 e. The predicted molar refractivity (Wildman–Crippen MR) is 60.6 cm³/mol. The molecule has 3 rings (SSSR count). The van der Waals surface area contributed by atoms with Crippen LogP contribution >= 0.6 is 11.3 Å². The van der Waals surface area contributed by atoms with Crippen molar-refractivity contribution >= 4 is 22.2 Å². The van der Waals surface area contributed by atoms with Gasteiger partial charge < -0.3 is 5.11 Å². The Morgan fingerprint density at radius 1 is 1.27 bits per heavy atom. The van der Waals surface area contributed by atoms with E-state index in [9.17, 15) is 5.11 Å². The van der Waals surface area contributed by atoms with Gasteiger partial charge >= 0.3 is 0 Å². The second kappa shape index (κ2) is 3.10. The van der Waals surface area contributed by atoms with Gasteiger partial charge in [-0.2, -0.15) is 0 Å². The molecule has 3 nitrogen and oxygen atoms in total. The number of hydrogen-bond donors (Lipinski definition) is 1. The summed E-state index contributed by atoms with van der Waals surface area (Å²) in [4.78, 5) is 4.19. The number of aromatic nitrogens is 2. The smallest absolute Gasteiger partial charge is 0.198 e. The molecule has 0 amide bonds. The van der Waals surface area contributed by atoms with Gasteiger partial charge in [-0.1, -0.05) is 18.2 Å². The van der Waals surface area contributed by atoms with Gasteiger partial charge in [-0.3, -0.25) is 4.57 Å². The van der Waals surface area contributed by atoms with Gasteiger partial charge in [0.1, 0.15) is 0 Å². The standard InChI is InChI=1S/C11H8N2OS/c14-10-7-8-3-1-2-4-9(8)13(10)11-12-5-6-15-11/h1-7,14H. The number of rotatable bonds is 1. The Balaban J connectivity index is 2.39. The molecule has 0 saturated carbocycles. The zero-order valence-corrected chi connectivity index (χ0v) is 8.61. The fourth-order valence-electron chi connectivity index (χ4n) is 1.67. The lowest BCUT2D eigenvalue weighted by atomic mass is 10.2. The van der Waals surface area contributed by atoms with Crippen LogP contribution in [0.15, 0.2) is 41.9 Å². The molecule has 0 atom stereocenters. The first-order valence-electron chi connectivity index (χ1n) is 4.55. The number of nitrogens with zero attached hydrogens (tertiary/aromatic N) is 2. The number of fused-ring (bicyclic) bond motifs is 1. The normalized spacial score (nSPS) is 10.9. The Labute approximate surface area is 90.2 Å². The molecule has 0 radical (unpaired) electrons. The third-order valence-electron chi connectivity index (χ3n) is 2.30. The average molecular weight is 216 g/mol. The molecule has 0 saturated heterocycles. The van der Waals surface area contributed by atoms with E-state index in [-0.39, 0.29) is 5.88 Å². The molecular formula is C11H8N2OS. The molecule has 0 bridgehead atoms. The quantitative estimate of drug-likeness (QED) is 0.679. The van der Waals surface area contributed by atoms with Crippen molar-refractivity contribution in [1.29, 1.82) is 0 Å². The van der Waals surface area contributed by atoms with Gasteiger partial charge in [0.05, 0.1) is 5.52 Å². The van der Waals surface area contributed by atoms with Crippen molar-refractivity contribution in [3.8, 4) is 11.0 Å². The summed E-state index contributed by atoms with van der Waals surface area (Å²) in [6, 6.07) is 9.59. The molecule has 74 valence electrons. The van der Waals surface area contributed by atoms with E-state index in [1.165, 1.54) is 11.3 Å². The summed E-state index contributed by atoms with van der Waals surface area (Å²) in [5.41, 5.74) is 0.977. The number of thiazole rings is 1. The van der Waals surface area contributed by atoms with Crippen molar-refractivity contribution in [2.24, 2.45) is 0 Å². The van der Waals surface area contributed by atoms with Crippen molar-refractivity contribution in [2.75, 3.05) is 0 Å². The highest BCUT2D eigenvalue weighted by Crippen LogP contribution is 2.29. The molecule has 0 aliphatic heterocycles. The summed E-state index contributed by atoms with van der Waals surface area (Å²) >= 11 is 1.50. The van der Waals surface area contributed by atoms with Crippen LogP contribution in [0.4, 0.5) is 0 Å². The maximum Gasteiger partial charge on any atom is 0.198 e. The van der Waals surface area contributed by atoms with E-state index in [2.05, 4.69) is 4.98 Å². The average Bonchev–Trinajstić information content (AvgIpc) is 2.82. The fraction of sp³-hybridized carbons (Fsp3) is 0. The highest BCUT2D eigenvalue weighted by atomic mass is 32.1. The monoisotopic (exact) mass is 216 g/mol. The van der Waals surface area contributed by atoms with Crippen molar-refractivity contribution in [1.82, 2.24) is 9.55 Å². The van der Waals surface area contributed by atoms with Crippen molar-refractivity contribution in [3.05, 3.63) is 41.9 Å². The van der Waals surface area contributed by atoms with E-state index in [0.717, 1.165) is 16.0 Å². The highest BCUT2D eigenvalue weighted by Gasteiger charge is 2.10. The predicted octanol–water partition coefficient (Wildman–Crippen LogP) is 2.79. The van der Waals surface area contributed by atoms with Gasteiger partial charge in [0.25, 0.3) is 0 Å². The van der Waals surface area contributed by atoms with Crippen molar-refractivity contribution in [2.45, 2.75) is 0 Å². The lowest BCUT2D eigenvalue weighted by Crippen LogP contribution is -1.90. The minimum absolute atomic E-state index is 0.228. The maximum atomic E-state index is 9.84. The van der Waals surface area contributed by atoms with Crippen LogP contribution in [0.2, 0.25) is 0 Å². The number of para-hydroxylation sites is 1. The summed E-state index contributed by atoms with van der Waals surface area (Å²) in [7, 11) is 0. The van der Waals surface area contributed by atoms with Gasteiger partial charge in [0.15, 0.2) is 11.0 Å². The van der Waals surface area contributed by atoms with Crippen molar-refractivity contribution in [3.63, 3.8) is 0 Å². The Morgan fingerprint density at radius 2 is 2.13 bits per heavy atom. The molecule has 2 aromatic heterocycles. The topological polar surface area (TPSA) is 38.0 Å². The first-order chi connectivity index (χ1) is 7.36. The first-order valence-corrected chi connectivity index (χ1v) is 5.43. The number of aromatic hydroxyl groups is 1. The van der Waals surface area contributed by atoms with Crippen LogP contribution in [0, 0.1) is 0 Å². The van der Waals surface area contributed by atoms with Gasteiger partial charge in [-0.25, -0.2) is 4.98 Å². The molecule has 1 N–H and O–H groups in total. The molecular weight excluding hydrogens is 208 g/mol. The molecule has 1 aromatic carbocycles. The molecule has 0 fully saturated rings. The molecule has 0 aliphatic rings. The lowest BCUT2D eigenvalue weighted by Gasteiger charge is -2.01. The minimum atomic E-state index is 0.228. The molecule has 0 spiro atoms. The van der Waals surface area contributed by atoms with E-state index in [4.69, 9.17) is 0 Å². The molecule has 4 heteroatoms. The Morgan fingerprint density at radius 3 is 2.93 bits per heavy atom. The van der Waals surface area contributed by atoms with Gasteiger partial charge in [0, 0.05) is 23.0 Å². The third-order valence-corrected chi connectivity index (χ3v) is 3.06. The molecule has 0 aliphatic carbocycles. The van der Waals surface area contributed by atoms with E-state index in [1.54, 1.807) is 16.8 Å². The lowest BCUT2D eigenvalue weighted by molar-refractivity contribution is 0.445. The third kappa shape index (κ3) is 1.22. The van der Waals surface area contributed by atoms with Gasteiger partial charge in [-0.15, -0.1) is 11.3 Å². The zero-order valence-electron chi connectivity index (χ0n) is 7.79. The maximum absolute atomic E-state index is 9.84. The van der Waals surface area contributed by atoms with E-state index in [0.29, 0.717) is 0 Å². The zero-order chi connectivity index (χ0) is 10.3. The van der Waals surface area contributed by atoms with E-state index >= 15 is 0 Å². The van der Waals surface area contributed by atoms with Crippen LogP contribution in [0.25, 0.3) is 16.0 Å². The summed E-state index contributed by atoms with van der Waals surface area (Å²) in [6.07, 6.45) is 1.73. The van der Waals surface area contributed by atoms with E-state index < -0.39 is 0 Å². The summed E-state index contributed by atoms with van der Waals surface area (Å²) in [5.74, 6) is 0.228. The number of benzene rings is 1. The largest absolute Gasteiger partial charge is 0.494 e. The Hall–Kier alpha value is -1.81. The van der Waals surface area contributed by atoms with Crippen LogP contribution in [-0.2, 0) is 0 Å².